The fourth-order valence-corrected chi connectivity index (χ4v) is 1.81. The zero-order valence-corrected chi connectivity index (χ0v) is 10.3. The van der Waals surface area contributed by atoms with Crippen LogP contribution >= 0.6 is 23.2 Å². The Morgan fingerprint density at radius 2 is 1.53 bits per heavy atom. The van der Waals surface area contributed by atoms with Crippen LogP contribution in [0, 0.1) is 5.82 Å². The lowest BCUT2D eigenvalue weighted by Gasteiger charge is -2.13. The summed E-state index contributed by atoms with van der Waals surface area (Å²) in [6, 6.07) is 11.3. The fraction of sp³-hybridized carbons (Fsp3) is 0.0769. The van der Waals surface area contributed by atoms with E-state index in [2.05, 4.69) is 0 Å². The van der Waals surface area contributed by atoms with Crippen LogP contribution in [0.1, 0.15) is 17.2 Å². The monoisotopic (exact) mass is 269 g/mol. The van der Waals surface area contributed by atoms with Crippen LogP contribution in [0.2, 0.25) is 10.0 Å². The van der Waals surface area contributed by atoms with Gasteiger partial charge in [0.2, 0.25) is 0 Å². The Balaban J connectivity index is 2.33. The van der Waals surface area contributed by atoms with Crippen LogP contribution < -0.4 is 5.73 Å². The summed E-state index contributed by atoms with van der Waals surface area (Å²) in [4.78, 5) is 0. The molecule has 0 radical (unpaired) electrons. The van der Waals surface area contributed by atoms with E-state index in [1.165, 1.54) is 12.1 Å². The van der Waals surface area contributed by atoms with Crippen molar-refractivity contribution < 1.29 is 4.39 Å². The average molecular weight is 270 g/mol. The van der Waals surface area contributed by atoms with Gasteiger partial charge in [0, 0.05) is 5.02 Å². The van der Waals surface area contributed by atoms with Gasteiger partial charge in [-0.3, -0.25) is 0 Å². The van der Waals surface area contributed by atoms with Crippen molar-refractivity contribution in [1.82, 2.24) is 0 Å². The quantitative estimate of drug-likeness (QED) is 0.870. The molecule has 88 valence electrons. The summed E-state index contributed by atoms with van der Waals surface area (Å²) in [5.74, 6) is -0.464. The summed E-state index contributed by atoms with van der Waals surface area (Å²) in [7, 11) is 0. The maximum absolute atomic E-state index is 13.3. The van der Waals surface area contributed by atoms with Gasteiger partial charge in [-0.25, -0.2) is 4.39 Å². The van der Waals surface area contributed by atoms with Gasteiger partial charge in [0.25, 0.3) is 0 Å². The van der Waals surface area contributed by atoms with Gasteiger partial charge < -0.3 is 5.73 Å². The molecule has 0 saturated heterocycles. The number of hydrogen-bond acceptors (Lipinski definition) is 1. The van der Waals surface area contributed by atoms with E-state index in [0.29, 0.717) is 10.6 Å². The molecule has 2 aromatic carbocycles. The van der Waals surface area contributed by atoms with Crippen molar-refractivity contribution >= 4 is 23.2 Å². The predicted octanol–water partition coefficient (Wildman–Crippen LogP) is 4.18. The molecule has 0 aliphatic carbocycles. The van der Waals surface area contributed by atoms with E-state index in [1.54, 1.807) is 18.2 Å². The van der Waals surface area contributed by atoms with Crippen LogP contribution in [-0.2, 0) is 0 Å². The summed E-state index contributed by atoms with van der Waals surface area (Å²) in [5.41, 5.74) is 7.58. The van der Waals surface area contributed by atoms with Crippen molar-refractivity contribution in [2.45, 2.75) is 6.04 Å². The molecule has 2 rings (SSSR count). The van der Waals surface area contributed by atoms with Crippen LogP contribution in [-0.4, -0.2) is 0 Å². The molecule has 0 saturated carbocycles. The molecular weight excluding hydrogens is 260 g/mol. The maximum atomic E-state index is 13.3. The summed E-state index contributed by atoms with van der Waals surface area (Å²) >= 11 is 11.4. The fourth-order valence-electron chi connectivity index (χ4n) is 1.57. The number of benzene rings is 2. The molecule has 0 bridgehead atoms. The van der Waals surface area contributed by atoms with E-state index in [-0.39, 0.29) is 11.1 Å². The van der Waals surface area contributed by atoms with Gasteiger partial charge in [-0.15, -0.1) is 0 Å². The number of halogens is 3. The van der Waals surface area contributed by atoms with Crippen molar-refractivity contribution in [2.75, 3.05) is 0 Å². The highest BCUT2D eigenvalue weighted by molar-refractivity contribution is 6.30. The van der Waals surface area contributed by atoms with E-state index in [9.17, 15) is 4.39 Å². The van der Waals surface area contributed by atoms with Crippen LogP contribution in [0.4, 0.5) is 4.39 Å². The first-order valence-corrected chi connectivity index (χ1v) is 5.79. The number of nitrogens with two attached hydrogens (primary N) is 1. The molecule has 1 unspecified atom stereocenters. The lowest BCUT2D eigenvalue weighted by Crippen LogP contribution is -2.11. The van der Waals surface area contributed by atoms with E-state index >= 15 is 0 Å². The van der Waals surface area contributed by atoms with Crippen molar-refractivity contribution in [3.8, 4) is 0 Å². The first kappa shape index (κ1) is 12.4. The summed E-state index contributed by atoms with van der Waals surface area (Å²) in [6.45, 7) is 0. The van der Waals surface area contributed by atoms with E-state index in [4.69, 9.17) is 28.9 Å². The molecule has 0 aromatic heterocycles. The second-order valence-electron chi connectivity index (χ2n) is 3.70. The van der Waals surface area contributed by atoms with Crippen molar-refractivity contribution in [3.63, 3.8) is 0 Å². The SMILES string of the molecule is NC(c1ccc(Cl)cc1)c1ccc(Cl)c(F)c1. The molecule has 0 aliphatic rings. The highest BCUT2D eigenvalue weighted by Crippen LogP contribution is 2.24. The van der Waals surface area contributed by atoms with Gasteiger partial charge in [-0.05, 0) is 35.4 Å². The van der Waals surface area contributed by atoms with Gasteiger partial charge >= 0.3 is 0 Å². The molecule has 0 amide bonds. The van der Waals surface area contributed by atoms with Gasteiger partial charge in [0.05, 0.1) is 11.1 Å². The summed E-state index contributed by atoms with van der Waals surface area (Å²) < 4.78 is 13.3. The van der Waals surface area contributed by atoms with Gasteiger partial charge in [-0.2, -0.15) is 0 Å². The molecule has 2 aromatic rings. The van der Waals surface area contributed by atoms with E-state index in [1.807, 2.05) is 12.1 Å². The zero-order valence-electron chi connectivity index (χ0n) is 8.83. The minimum absolute atomic E-state index is 0.0945. The van der Waals surface area contributed by atoms with Crippen molar-refractivity contribution in [1.29, 1.82) is 0 Å². The van der Waals surface area contributed by atoms with Crippen LogP contribution in [0.15, 0.2) is 42.5 Å². The molecule has 17 heavy (non-hydrogen) atoms. The minimum atomic E-state index is -0.464. The number of rotatable bonds is 2. The third kappa shape index (κ3) is 2.78. The Kier molecular flexibility index (Phi) is 3.67. The topological polar surface area (TPSA) is 26.0 Å². The highest BCUT2D eigenvalue weighted by Gasteiger charge is 2.10. The van der Waals surface area contributed by atoms with Gasteiger partial charge in [0.1, 0.15) is 5.82 Å². The smallest absolute Gasteiger partial charge is 0.142 e. The third-order valence-corrected chi connectivity index (χ3v) is 3.09. The van der Waals surface area contributed by atoms with Gasteiger partial charge in [0.15, 0.2) is 0 Å². The van der Waals surface area contributed by atoms with Gasteiger partial charge in [-0.1, -0.05) is 41.4 Å². The molecule has 0 aliphatic heterocycles. The zero-order chi connectivity index (χ0) is 12.4. The van der Waals surface area contributed by atoms with Crippen LogP contribution in [0.3, 0.4) is 0 Å². The van der Waals surface area contributed by atoms with Crippen molar-refractivity contribution in [3.05, 3.63) is 69.5 Å². The molecule has 1 nitrogen and oxygen atoms in total. The maximum Gasteiger partial charge on any atom is 0.142 e. The van der Waals surface area contributed by atoms with Crippen LogP contribution in [0.5, 0.6) is 0 Å². The molecule has 0 heterocycles. The standard InChI is InChI=1S/C13H10Cl2FN/c14-10-4-1-8(2-5-10)13(17)9-3-6-11(15)12(16)7-9/h1-7,13H,17H2. The second kappa shape index (κ2) is 5.05. The lowest BCUT2D eigenvalue weighted by molar-refractivity contribution is 0.624. The van der Waals surface area contributed by atoms with E-state index in [0.717, 1.165) is 5.56 Å². The third-order valence-electron chi connectivity index (χ3n) is 2.53. The Hall–Kier alpha value is -1.09. The lowest BCUT2D eigenvalue weighted by atomic mass is 10.00. The Labute approximate surface area is 109 Å². The second-order valence-corrected chi connectivity index (χ2v) is 4.55. The molecule has 1 atom stereocenters. The molecule has 0 spiro atoms. The molecule has 2 N–H and O–H groups in total. The van der Waals surface area contributed by atoms with Crippen LogP contribution in [0.25, 0.3) is 0 Å². The summed E-state index contributed by atoms with van der Waals surface area (Å²) in [6.07, 6.45) is 0. The first-order chi connectivity index (χ1) is 8.08. The minimum Gasteiger partial charge on any atom is -0.320 e. The van der Waals surface area contributed by atoms with E-state index < -0.39 is 5.82 Å². The highest BCUT2D eigenvalue weighted by atomic mass is 35.5. The first-order valence-electron chi connectivity index (χ1n) is 5.04. The molecular formula is C13H10Cl2FN. The largest absolute Gasteiger partial charge is 0.320 e. The van der Waals surface area contributed by atoms with Crippen molar-refractivity contribution in [2.24, 2.45) is 5.73 Å². The summed E-state index contributed by atoms with van der Waals surface area (Å²) in [5, 5.41) is 0.736. The number of hydrogen-bond donors (Lipinski definition) is 1. The molecule has 0 fully saturated rings. The normalized spacial score (nSPS) is 12.5. The predicted molar refractivity (Wildman–Crippen MR) is 68.9 cm³/mol. The average Bonchev–Trinajstić information content (AvgIpc) is 2.33. The Bertz CT molecular complexity index is 525. The Morgan fingerprint density at radius 1 is 0.941 bits per heavy atom. The molecule has 4 heteroatoms. The Morgan fingerprint density at radius 3 is 2.12 bits per heavy atom.